The second kappa shape index (κ2) is 7.88. The minimum absolute atomic E-state index is 0.603. The lowest BCUT2D eigenvalue weighted by atomic mass is 10.6. The average molecular weight is 189 g/mol. The molecule has 0 aromatic rings. The van der Waals surface area contributed by atoms with Gasteiger partial charge in [0.25, 0.3) is 0 Å². The van der Waals surface area contributed by atoms with Crippen molar-refractivity contribution in [3.05, 3.63) is 11.1 Å². The van der Waals surface area contributed by atoms with Crippen molar-refractivity contribution in [3.63, 3.8) is 0 Å². The Morgan fingerprint density at radius 2 is 2.45 bits per heavy atom. The molecule has 0 aliphatic rings. The van der Waals surface area contributed by atoms with Gasteiger partial charge in [0.05, 0.1) is 0 Å². The molecule has 0 N–H and O–H groups in total. The maximum atomic E-state index is 9.92. The highest BCUT2D eigenvalue weighted by Crippen LogP contribution is 2.30. The van der Waals surface area contributed by atoms with Crippen molar-refractivity contribution >= 4 is 34.6 Å². The van der Waals surface area contributed by atoms with Crippen LogP contribution in [0.15, 0.2) is 16.1 Å². The van der Waals surface area contributed by atoms with Crippen LogP contribution in [0.4, 0.5) is 0 Å². The standard InChI is InChI=1S/C7H11NOS2/c1-3-7(8-2)11-10-6-4-5-9/h3,5H,2,4,6H2,1H3/b7-3+. The van der Waals surface area contributed by atoms with E-state index in [-0.39, 0.29) is 0 Å². The summed E-state index contributed by atoms with van der Waals surface area (Å²) in [5.41, 5.74) is 0. The molecule has 0 aromatic carbocycles. The molecule has 0 aliphatic heterocycles. The molecule has 0 bridgehead atoms. The first-order chi connectivity index (χ1) is 5.35. The minimum Gasteiger partial charge on any atom is -0.303 e. The molecule has 0 atom stereocenters. The van der Waals surface area contributed by atoms with E-state index in [4.69, 9.17) is 0 Å². The van der Waals surface area contributed by atoms with Gasteiger partial charge in [0.2, 0.25) is 0 Å². The van der Waals surface area contributed by atoms with Gasteiger partial charge in [-0.2, -0.15) is 0 Å². The first kappa shape index (κ1) is 10.8. The second-order valence-electron chi connectivity index (χ2n) is 1.65. The van der Waals surface area contributed by atoms with E-state index in [1.165, 1.54) is 0 Å². The Morgan fingerprint density at radius 3 is 2.91 bits per heavy atom. The van der Waals surface area contributed by atoms with Crippen molar-refractivity contribution < 1.29 is 4.79 Å². The Morgan fingerprint density at radius 1 is 1.73 bits per heavy atom. The van der Waals surface area contributed by atoms with E-state index in [9.17, 15) is 4.79 Å². The largest absolute Gasteiger partial charge is 0.303 e. The predicted octanol–water partition coefficient (Wildman–Crippen LogP) is 2.52. The van der Waals surface area contributed by atoms with Gasteiger partial charge in [-0.05, 0) is 24.4 Å². The van der Waals surface area contributed by atoms with E-state index in [1.54, 1.807) is 21.6 Å². The summed E-state index contributed by atoms with van der Waals surface area (Å²) in [5.74, 6) is 0.834. The molecule has 62 valence electrons. The van der Waals surface area contributed by atoms with Crippen LogP contribution in [0.2, 0.25) is 0 Å². The quantitative estimate of drug-likeness (QED) is 0.278. The topological polar surface area (TPSA) is 29.4 Å². The fourth-order valence-corrected chi connectivity index (χ4v) is 2.26. The molecular formula is C7H11NOS2. The molecule has 0 spiro atoms. The lowest BCUT2D eigenvalue weighted by Crippen LogP contribution is -1.76. The molecule has 0 saturated heterocycles. The number of allylic oxidation sites excluding steroid dienone is 1. The lowest BCUT2D eigenvalue weighted by molar-refractivity contribution is -0.107. The predicted molar refractivity (Wildman–Crippen MR) is 54.0 cm³/mol. The number of aliphatic imine (C=N–C) groups is 1. The van der Waals surface area contributed by atoms with Crippen LogP contribution in [0.5, 0.6) is 0 Å². The maximum absolute atomic E-state index is 9.92. The number of carbonyl (C=O) groups excluding carboxylic acids is 1. The molecule has 4 heteroatoms. The van der Waals surface area contributed by atoms with E-state index < -0.39 is 0 Å². The van der Waals surface area contributed by atoms with E-state index in [0.29, 0.717) is 6.42 Å². The van der Waals surface area contributed by atoms with E-state index >= 15 is 0 Å². The number of nitrogens with zero attached hydrogens (tertiary/aromatic N) is 1. The SMILES string of the molecule is C=N/C(=C\C)SSCCC=O. The van der Waals surface area contributed by atoms with E-state index in [0.717, 1.165) is 17.1 Å². The molecule has 0 aromatic heterocycles. The number of hydrogen-bond donors (Lipinski definition) is 0. The van der Waals surface area contributed by atoms with Crippen molar-refractivity contribution in [2.24, 2.45) is 4.99 Å². The fourth-order valence-electron chi connectivity index (χ4n) is 0.364. The van der Waals surface area contributed by atoms with Crippen molar-refractivity contribution in [2.75, 3.05) is 5.75 Å². The summed E-state index contributed by atoms with van der Waals surface area (Å²) in [6.07, 6.45) is 3.42. The first-order valence-corrected chi connectivity index (χ1v) is 5.53. The van der Waals surface area contributed by atoms with Crippen LogP contribution in [0.3, 0.4) is 0 Å². The zero-order valence-electron chi connectivity index (χ0n) is 6.45. The fraction of sp³-hybridized carbons (Fsp3) is 0.429. The van der Waals surface area contributed by atoms with Crippen LogP contribution in [-0.4, -0.2) is 18.8 Å². The van der Waals surface area contributed by atoms with Crippen LogP contribution in [0.25, 0.3) is 0 Å². The Bertz CT molecular complexity index is 157. The molecule has 0 saturated carbocycles. The summed E-state index contributed by atoms with van der Waals surface area (Å²) in [4.78, 5) is 13.7. The van der Waals surface area contributed by atoms with Gasteiger partial charge >= 0.3 is 0 Å². The van der Waals surface area contributed by atoms with Gasteiger partial charge in [0, 0.05) is 12.2 Å². The molecule has 2 nitrogen and oxygen atoms in total. The zero-order valence-corrected chi connectivity index (χ0v) is 8.08. The van der Waals surface area contributed by atoms with Crippen molar-refractivity contribution in [3.8, 4) is 0 Å². The molecule has 0 radical (unpaired) electrons. The second-order valence-corrected chi connectivity index (χ2v) is 4.08. The van der Waals surface area contributed by atoms with Crippen molar-refractivity contribution in [1.82, 2.24) is 0 Å². The molecule has 0 rings (SSSR count). The average Bonchev–Trinajstić information content (AvgIpc) is 2.05. The summed E-state index contributed by atoms with van der Waals surface area (Å²) in [7, 11) is 3.17. The Labute approximate surface area is 74.9 Å². The highest BCUT2D eigenvalue weighted by Gasteiger charge is 1.92. The smallest absolute Gasteiger partial charge is 0.120 e. The van der Waals surface area contributed by atoms with Crippen molar-refractivity contribution in [1.29, 1.82) is 0 Å². The molecule has 0 heterocycles. The van der Waals surface area contributed by atoms with Crippen LogP contribution < -0.4 is 0 Å². The third-order valence-corrected chi connectivity index (χ3v) is 3.29. The number of hydrogen-bond acceptors (Lipinski definition) is 4. The molecule has 0 unspecified atom stereocenters. The van der Waals surface area contributed by atoms with E-state index in [1.807, 2.05) is 13.0 Å². The number of rotatable bonds is 6. The van der Waals surface area contributed by atoms with Crippen LogP contribution in [-0.2, 0) is 4.79 Å². The molecule has 0 amide bonds. The highest BCUT2D eigenvalue weighted by molar-refractivity contribution is 8.78. The molecule has 0 aliphatic carbocycles. The van der Waals surface area contributed by atoms with Gasteiger partial charge in [0.15, 0.2) is 0 Å². The first-order valence-electron chi connectivity index (χ1n) is 3.21. The van der Waals surface area contributed by atoms with Gasteiger partial charge in [-0.25, -0.2) is 0 Å². The normalized spacial score (nSPS) is 11.2. The maximum Gasteiger partial charge on any atom is 0.120 e. The number of aldehydes is 1. The van der Waals surface area contributed by atoms with Crippen LogP contribution in [0.1, 0.15) is 13.3 Å². The number of carbonyl (C=O) groups is 1. The molecule has 11 heavy (non-hydrogen) atoms. The van der Waals surface area contributed by atoms with Crippen LogP contribution >= 0.6 is 21.6 Å². The highest BCUT2D eigenvalue weighted by atomic mass is 33.1. The van der Waals surface area contributed by atoms with Gasteiger partial charge in [-0.3, -0.25) is 4.99 Å². The third-order valence-electron chi connectivity index (χ3n) is 0.866. The zero-order chi connectivity index (χ0) is 8.53. The minimum atomic E-state index is 0.603. The van der Waals surface area contributed by atoms with Gasteiger partial charge < -0.3 is 4.79 Å². The lowest BCUT2D eigenvalue weighted by Gasteiger charge is -1.96. The van der Waals surface area contributed by atoms with Crippen LogP contribution in [0, 0.1) is 0 Å². The Kier molecular flexibility index (Phi) is 7.72. The van der Waals surface area contributed by atoms with Crippen molar-refractivity contribution in [2.45, 2.75) is 13.3 Å². The summed E-state index contributed by atoms with van der Waals surface area (Å²) in [6, 6.07) is 0. The summed E-state index contributed by atoms with van der Waals surface area (Å²) < 4.78 is 0. The monoisotopic (exact) mass is 189 g/mol. The summed E-state index contributed by atoms with van der Waals surface area (Å²) in [6.45, 7) is 5.32. The Hall–Kier alpha value is -0.220. The van der Waals surface area contributed by atoms with Gasteiger partial charge in [-0.1, -0.05) is 16.9 Å². The summed E-state index contributed by atoms with van der Waals surface area (Å²) in [5, 5.41) is 0.904. The molecule has 0 fully saturated rings. The Balaban J connectivity index is 3.36. The van der Waals surface area contributed by atoms with Gasteiger partial charge in [0.1, 0.15) is 11.3 Å². The molecular weight excluding hydrogens is 178 g/mol. The van der Waals surface area contributed by atoms with Gasteiger partial charge in [-0.15, -0.1) is 0 Å². The summed E-state index contributed by atoms with van der Waals surface area (Å²) >= 11 is 0. The van der Waals surface area contributed by atoms with E-state index in [2.05, 4.69) is 11.7 Å². The third kappa shape index (κ3) is 6.19.